The number of halogens is 1. The molecule has 0 spiro atoms. The average Bonchev–Trinajstić information content (AvgIpc) is 2.33. The molecule has 1 atom stereocenters. The quantitative estimate of drug-likeness (QED) is 0.900. The highest BCUT2D eigenvalue weighted by Crippen LogP contribution is 2.25. The van der Waals surface area contributed by atoms with E-state index in [-0.39, 0.29) is 23.7 Å². The molecule has 1 heterocycles. The number of hydrogen-bond donors (Lipinski definition) is 1. The maximum absolute atomic E-state index is 12.4. The van der Waals surface area contributed by atoms with Crippen LogP contribution in [0.25, 0.3) is 0 Å². The molecule has 0 bridgehead atoms. The second-order valence-corrected chi connectivity index (χ2v) is 6.08. The van der Waals surface area contributed by atoms with Gasteiger partial charge < -0.3 is 5.73 Å². The fraction of sp³-hybridized carbons (Fsp3) is 0.533. The highest BCUT2D eigenvalue weighted by molar-refractivity contribution is 6.30. The summed E-state index contributed by atoms with van der Waals surface area (Å²) in [6.45, 7) is 6.43. The molecule has 0 saturated carbocycles. The molecule has 1 saturated heterocycles. The molecule has 1 fully saturated rings. The fourth-order valence-corrected chi connectivity index (χ4v) is 2.60. The standard InChI is InChI=1S/C15H21ClN2O/c1-10(2)15(19)14(9-18-7-13(17)8-18)11-3-5-12(16)6-4-11/h3-6,10,13-14H,7-9,17H2,1-2H3/t14-/m1/s1. The summed E-state index contributed by atoms with van der Waals surface area (Å²) >= 11 is 5.91. The lowest BCUT2D eigenvalue weighted by Crippen LogP contribution is -2.57. The van der Waals surface area contributed by atoms with Crippen molar-refractivity contribution in [2.45, 2.75) is 25.8 Å². The third-order valence-corrected chi connectivity index (χ3v) is 3.86. The van der Waals surface area contributed by atoms with E-state index in [0.717, 1.165) is 25.2 Å². The van der Waals surface area contributed by atoms with E-state index in [1.165, 1.54) is 0 Å². The zero-order valence-corrected chi connectivity index (χ0v) is 12.2. The molecule has 0 aromatic heterocycles. The van der Waals surface area contributed by atoms with E-state index in [2.05, 4.69) is 4.90 Å². The molecule has 1 aromatic carbocycles. The first kappa shape index (κ1) is 14.5. The van der Waals surface area contributed by atoms with Gasteiger partial charge in [-0.1, -0.05) is 37.6 Å². The van der Waals surface area contributed by atoms with Crippen molar-refractivity contribution in [3.05, 3.63) is 34.9 Å². The van der Waals surface area contributed by atoms with Gasteiger partial charge in [-0.2, -0.15) is 0 Å². The largest absolute Gasteiger partial charge is 0.325 e. The minimum absolute atomic E-state index is 0.0376. The lowest BCUT2D eigenvalue weighted by Gasteiger charge is -2.39. The lowest BCUT2D eigenvalue weighted by molar-refractivity contribution is -0.124. The second-order valence-electron chi connectivity index (χ2n) is 5.64. The Balaban J connectivity index is 2.13. The first-order valence-corrected chi connectivity index (χ1v) is 7.12. The van der Waals surface area contributed by atoms with Gasteiger partial charge in [0.15, 0.2) is 0 Å². The molecule has 104 valence electrons. The van der Waals surface area contributed by atoms with E-state index in [0.29, 0.717) is 5.02 Å². The minimum Gasteiger partial charge on any atom is -0.325 e. The van der Waals surface area contributed by atoms with Gasteiger partial charge in [-0.15, -0.1) is 0 Å². The number of hydrogen-bond acceptors (Lipinski definition) is 3. The van der Waals surface area contributed by atoms with Crippen LogP contribution in [0, 0.1) is 5.92 Å². The summed E-state index contributed by atoms with van der Waals surface area (Å²) in [6, 6.07) is 7.86. The zero-order chi connectivity index (χ0) is 14.0. The van der Waals surface area contributed by atoms with Crippen LogP contribution >= 0.6 is 11.6 Å². The van der Waals surface area contributed by atoms with Crippen molar-refractivity contribution in [3.63, 3.8) is 0 Å². The van der Waals surface area contributed by atoms with Gasteiger partial charge in [0.25, 0.3) is 0 Å². The number of ketones is 1. The van der Waals surface area contributed by atoms with Gasteiger partial charge >= 0.3 is 0 Å². The van der Waals surface area contributed by atoms with Gasteiger partial charge in [-0.25, -0.2) is 0 Å². The first-order chi connectivity index (χ1) is 8.97. The van der Waals surface area contributed by atoms with Crippen molar-refractivity contribution in [2.24, 2.45) is 11.7 Å². The van der Waals surface area contributed by atoms with Gasteiger partial charge in [0, 0.05) is 36.6 Å². The van der Waals surface area contributed by atoms with Gasteiger partial charge in [0.05, 0.1) is 5.92 Å². The number of carbonyl (C=O) groups is 1. The van der Waals surface area contributed by atoms with Crippen LogP contribution in [0.5, 0.6) is 0 Å². The predicted molar refractivity (Wildman–Crippen MR) is 78.5 cm³/mol. The maximum Gasteiger partial charge on any atom is 0.144 e. The molecule has 2 rings (SSSR count). The van der Waals surface area contributed by atoms with Crippen LogP contribution in [0.15, 0.2) is 24.3 Å². The van der Waals surface area contributed by atoms with Crippen molar-refractivity contribution in [1.29, 1.82) is 0 Å². The number of benzene rings is 1. The van der Waals surface area contributed by atoms with Crippen LogP contribution in [0.4, 0.5) is 0 Å². The monoisotopic (exact) mass is 280 g/mol. The number of nitrogens with two attached hydrogens (primary N) is 1. The van der Waals surface area contributed by atoms with Crippen LogP contribution in [0.3, 0.4) is 0 Å². The molecule has 0 radical (unpaired) electrons. The van der Waals surface area contributed by atoms with Crippen molar-refractivity contribution in [1.82, 2.24) is 4.90 Å². The van der Waals surface area contributed by atoms with Crippen molar-refractivity contribution < 1.29 is 4.79 Å². The van der Waals surface area contributed by atoms with E-state index in [1.54, 1.807) is 0 Å². The van der Waals surface area contributed by atoms with Gasteiger partial charge in [0.2, 0.25) is 0 Å². The van der Waals surface area contributed by atoms with Crippen LogP contribution in [0.2, 0.25) is 5.02 Å². The van der Waals surface area contributed by atoms with Crippen molar-refractivity contribution in [2.75, 3.05) is 19.6 Å². The molecule has 2 N–H and O–H groups in total. The molecule has 1 aliphatic rings. The van der Waals surface area contributed by atoms with Gasteiger partial charge in [-0.3, -0.25) is 9.69 Å². The maximum atomic E-state index is 12.4. The smallest absolute Gasteiger partial charge is 0.144 e. The summed E-state index contributed by atoms with van der Waals surface area (Å²) in [7, 11) is 0. The third-order valence-electron chi connectivity index (χ3n) is 3.61. The predicted octanol–water partition coefficient (Wildman–Crippen LogP) is 2.29. The molecule has 0 amide bonds. The van der Waals surface area contributed by atoms with Crippen LogP contribution in [-0.4, -0.2) is 36.4 Å². The summed E-state index contributed by atoms with van der Waals surface area (Å²) in [6.07, 6.45) is 0. The summed E-state index contributed by atoms with van der Waals surface area (Å²) in [4.78, 5) is 14.6. The number of Topliss-reactive ketones (excluding diaryl/α,β-unsaturated/α-hetero) is 1. The van der Waals surface area contributed by atoms with Crippen molar-refractivity contribution in [3.8, 4) is 0 Å². The van der Waals surface area contributed by atoms with E-state index < -0.39 is 0 Å². The van der Waals surface area contributed by atoms with Crippen LogP contribution in [0.1, 0.15) is 25.3 Å². The molecule has 1 aliphatic heterocycles. The molecular weight excluding hydrogens is 260 g/mol. The summed E-state index contributed by atoms with van der Waals surface area (Å²) in [5.74, 6) is 0.239. The first-order valence-electron chi connectivity index (χ1n) is 6.74. The van der Waals surface area contributed by atoms with Crippen molar-refractivity contribution >= 4 is 17.4 Å². The topological polar surface area (TPSA) is 46.3 Å². The second kappa shape index (κ2) is 6.04. The molecule has 3 nitrogen and oxygen atoms in total. The summed E-state index contributed by atoms with van der Waals surface area (Å²) in [5, 5.41) is 0.700. The Labute approximate surface area is 119 Å². The number of rotatable bonds is 5. The van der Waals surface area contributed by atoms with E-state index >= 15 is 0 Å². The highest BCUT2D eigenvalue weighted by atomic mass is 35.5. The number of likely N-dealkylation sites (tertiary alicyclic amines) is 1. The van der Waals surface area contributed by atoms with Gasteiger partial charge in [-0.05, 0) is 17.7 Å². The Morgan fingerprint density at radius 3 is 2.42 bits per heavy atom. The summed E-state index contributed by atoms with van der Waals surface area (Å²) in [5.41, 5.74) is 6.84. The van der Waals surface area contributed by atoms with Crippen LogP contribution in [-0.2, 0) is 4.79 Å². The Hall–Kier alpha value is -0.900. The van der Waals surface area contributed by atoms with Gasteiger partial charge in [0.1, 0.15) is 5.78 Å². The molecule has 19 heavy (non-hydrogen) atoms. The Bertz CT molecular complexity index is 438. The fourth-order valence-electron chi connectivity index (χ4n) is 2.47. The molecular formula is C15H21ClN2O. The molecule has 0 aliphatic carbocycles. The molecule has 1 aromatic rings. The summed E-state index contributed by atoms with van der Waals surface area (Å²) < 4.78 is 0. The molecule has 4 heteroatoms. The normalized spacial score (nSPS) is 18.4. The highest BCUT2D eigenvalue weighted by Gasteiger charge is 2.30. The van der Waals surface area contributed by atoms with E-state index in [1.807, 2.05) is 38.1 Å². The Morgan fingerprint density at radius 1 is 1.37 bits per heavy atom. The minimum atomic E-state index is -0.0789. The Kier molecular flexibility index (Phi) is 4.61. The third kappa shape index (κ3) is 3.56. The van der Waals surface area contributed by atoms with E-state index in [4.69, 9.17) is 17.3 Å². The number of carbonyl (C=O) groups excluding carboxylic acids is 1. The van der Waals surface area contributed by atoms with E-state index in [9.17, 15) is 4.79 Å². The lowest BCUT2D eigenvalue weighted by atomic mass is 9.87. The van der Waals surface area contributed by atoms with Crippen LogP contribution < -0.4 is 5.73 Å². The average molecular weight is 281 g/mol. The number of nitrogens with zero attached hydrogens (tertiary/aromatic N) is 1. The zero-order valence-electron chi connectivity index (χ0n) is 11.5. The molecule has 0 unspecified atom stereocenters. The SMILES string of the molecule is CC(C)C(=O)[C@H](CN1CC(N)C1)c1ccc(Cl)cc1. The Morgan fingerprint density at radius 2 is 1.95 bits per heavy atom.